The molecule has 1 aliphatic carbocycles. The summed E-state index contributed by atoms with van der Waals surface area (Å²) in [4.78, 5) is 16.7. The van der Waals surface area contributed by atoms with E-state index in [-0.39, 0.29) is 17.9 Å². The quantitative estimate of drug-likeness (QED) is 0.812. The molecule has 0 bridgehead atoms. The van der Waals surface area contributed by atoms with Crippen LogP contribution in [0.3, 0.4) is 0 Å². The van der Waals surface area contributed by atoms with Crippen molar-refractivity contribution in [2.24, 2.45) is 11.7 Å². The van der Waals surface area contributed by atoms with E-state index in [1.807, 2.05) is 13.0 Å². The molecule has 0 saturated heterocycles. The Kier molecular flexibility index (Phi) is 3.91. The molecular weight excluding hydrogens is 246 g/mol. The molecule has 0 aliphatic heterocycles. The molecule has 1 aromatic rings. The summed E-state index contributed by atoms with van der Waals surface area (Å²) in [5, 5.41) is 3.00. The van der Waals surface area contributed by atoms with Crippen LogP contribution >= 0.6 is 12.2 Å². The summed E-state index contributed by atoms with van der Waals surface area (Å²) in [7, 11) is 0. The molecule has 1 amide bonds. The summed E-state index contributed by atoms with van der Waals surface area (Å²) in [6.45, 7) is 1.89. The van der Waals surface area contributed by atoms with E-state index < -0.39 is 0 Å². The van der Waals surface area contributed by atoms with E-state index in [1.165, 1.54) is 0 Å². The van der Waals surface area contributed by atoms with Gasteiger partial charge >= 0.3 is 0 Å². The second-order valence-corrected chi connectivity index (χ2v) is 5.18. The zero-order valence-corrected chi connectivity index (χ0v) is 11.2. The number of rotatable bonds is 3. The highest BCUT2D eigenvalue weighted by atomic mass is 32.1. The van der Waals surface area contributed by atoms with E-state index in [1.54, 1.807) is 12.3 Å². The third kappa shape index (κ3) is 2.85. The number of carbonyl (C=O) groups is 1. The lowest BCUT2D eigenvalue weighted by molar-refractivity contribution is 0.0933. The van der Waals surface area contributed by atoms with Crippen molar-refractivity contribution >= 4 is 23.1 Å². The molecule has 1 aliphatic rings. The third-order valence-electron chi connectivity index (χ3n) is 3.37. The van der Waals surface area contributed by atoms with Crippen molar-refractivity contribution in [3.05, 3.63) is 29.6 Å². The van der Waals surface area contributed by atoms with Crippen molar-refractivity contribution in [3.63, 3.8) is 0 Å². The van der Waals surface area contributed by atoms with Crippen LogP contribution in [0.4, 0.5) is 0 Å². The molecule has 1 heterocycles. The van der Waals surface area contributed by atoms with Gasteiger partial charge in [-0.05, 0) is 31.9 Å². The Labute approximate surface area is 112 Å². The topological polar surface area (TPSA) is 68.0 Å². The third-order valence-corrected chi connectivity index (χ3v) is 3.67. The van der Waals surface area contributed by atoms with Crippen LogP contribution < -0.4 is 11.1 Å². The van der Waals surface area contributed by atoms with Crippen LogP contribution in [-0.4, -0.2) is 21.9 Å². The van der Waals surface area contributed by atoms with Crippen molar-refractivity contribution in [1.82, 2.24) is 10.3 Å². The van der Waals surface area contributed by atoms with Gasteiger partial charge in [0.05, 0.1) is 10.6 Å². The Bertz CT molecular complexity index is 458. The number of aromatic nitrogens is 1. The summed E-state index contributed by atoms with van der Waals surface area (Å²) < 4.78 is 0. The van der Waals surface area contributed by atoms with Gasteiger partial charge in [-0.25, -0.2) is 0 Å². The van der Waals surface area contributed by atoms with Crippen LogP contribution in [0.5, 0.6) is 0 Å². The zero-order valence-electron chi connectivity index (χ0n) is 10.3. The van der Waals surface area contributed by atoms with Crippen molar-refractivity contribution in [3.8, 4) is 0 Å². The first-order valence-corrected chi connectivity index (χ1v) is 6.51. The maximum absolute atomic E-state index is 12.0. The molecule has 0 radical (unpaired) electrons. The predicted octanol–water partition coefficient (Wildman–Crippen LogP) is 1.57. The van der Waals surface area contributed by atoms with Crippen LogP contribution in [0.25, 0.3) is 0 Å². The van der Waals surface area contributed by atoms with E-state index >= 15 is 0 Å². The molecule has 0 spiro atoms. The minimum atomic E-state index is -0.101. The molecule has 5 heteroatoms. The predicted molar refractivity (Wildman–Crippen MR) is 74.4 cm³/mol. The Morgan fingerprint density at radius 2 is 2.28 bits per heavy atom. The summed E-state index contributed by atoms with van der Waals surface area (Å²) in [5.74, 6) is 0.0259. The largest absolute Gasteiger partial charge is 0.393 e. The first-order chi connectivity index (χ1) is 8.58. The normalized spacial score (nSPS) is 22.7. The summed E-state index contributed by atoms with van der Waals surface area (Å²) >= 11 is 5.03. The molecule has 1 saturated carbocycles. The van der Waals surface area contributed by atoms with Crippen molar-refractivity contribution in [2.45, 2.75) is 32.2 Å². The molecule has 1 fully saturated rings. The summed E-state index contributed by atoms with van der Waals surface area (Å²) in [6, 6.07) is 3.67. The number of thiocarbonyl (C=S) groups is 1. The lowest BCUT2D eigenvalue weighted by atomic mass is 10.0. The van der Waals surface area contributed by atoms with Gasteiger partial charge in [-0.15, -0.1) is 0 Å². The highest BCUT2D eigenvalue weighted by Crippen LogP contribution is 2.26. The van der Waals surface area contributed by atoms with E-state index in [2.05, 4.69) is 10.3 Å². The number of amides is 1. The van der Waals surface area contributed by atoms with Crippen LogP contribution in [0.2, 0.25) is 0 Å². The maximum atomic E-state index is 12.0. The fourth-order valence-electron chi connectivity index (χ4n) is 2.33. The highest BCUT2D eigenvalue weighted by Gasteiger charge is 2.30. The number of aryl methyl sites for hydroxylation is 1. The molecule has 0 aromatic carbocycles. The molecule has 18 heavy (non-hydrogen) atoms. The van der Waals surface area contributed by atoms with Gasteiger partial charge in [-0.3, -0.25) is 9.78 Å². The molecule has 1 aromatic heterocycles. The van der Waals surface area contributed by atoms with Gasteiger partial charge in [0.15, 0.2) is 0 Å². The van der Waals surface area contributed by atoms with Crippen LogP contribution in [0, 0.1) is 12.8 Å². The van der Waals surface area contributed by atoms with Crippen molar-refractivity contribution in [1.29, 1.82) is 0 Å². The Balaban J connectivity index is 2.03. The van der Waals surface area contributed by atoms with Crippen LogP contribution in [0.1, 0.15) is 35.3 Å². The lowest BCUT2D eigenvalue weighted by Crippen LogP contribution is -2.41. The first-order valence-electron chi connectivity index (χ1n) is 6.11. The molecule has 3 N–H and O–H groups in total. The summed E-state index contributed by atoms with van der Waals surface area (Å²) in [5.41, 5.74) is 7.16. The molecule has 2 atom stereocenters. The van der Waals surface area contributed by atoms with Gasteiger partial charge in [0.25, 0.3) is 5.91 Å². The Morgan fingerprint density at radius 1 is 1.50 bits per heavy atom. The molecule has 2 rings (SSSR count). The number of nitrogens with one attached hydrogen (secondary N) is 1. The summed E-state index contributed by atoms with van der Waals surface area (Å²) in [6.07, 6.45) is 4.55. The zero-order chi connectivity index (χ0) is 13.1. The fourth-order valence-corrected chi connectivity index (χ4v) is 2.61. The first kappa shape index (κ1) is 13.0. The molecule has 2 unspecified atom stereocenters. The van der Waals surface area contributed by atoms with Crippen molar-refractivity contribution < 1.29 is 4.79 Å². The SMILES string of the molecule is Cc1ccc(C(=O)NC2CCCC2C(N)=S)cn1. The van der Waals surface area contributed by atoms with Crippen LogP contribution in [-0.2, 0) is 0 Å². The van der Waals surface area contributed by atoms with E-state index in [4.69, 9.17) is 18.0 Å². The van der Waals surface area contributed by atoms with Gasteiger partial charge in [-0.1, -0.05) is 18.6 Å². The standard InChI is InChI=1S/C13H17N3OS/c1-8-5-6-9(7-15-8)13(17)16-11-4-2-3-10(11)12(14)18/h5-7,10-11H,2-4H2,1H3,(H2,14,18)(H,16,17). The second kappa shape index (κ2) is 5.44. The highest BCUT2D eigenvalue weighted by molar-refractivity contribution is 7.80. The maximum Gasteiger partial charge on any atom is 0.253 e. The fraction of sp³-hybridized carbons (Fsp3) is 0.462. The van der Waals surface area contributed by atoms with Gasteiger partial charge in [0.2, 0.25) is 0 Å². The number of hydrogen-bond donors (Lipinski definition) is 2. The Morgan fingerprint density at radius 3 is 2.89 bits per heavy atom. The average molecular weight is 263 g/mol. The smallest absolute Gasteiger partial charge is 0.253 e. The minimum Gasteiger partial charge on any atom is -0.393 e. The van der Waals surface area contributed by atoms with Crippen molar-refractivity contribution in [2.75, 3.05) is 0 Å². The average Bonchev–Trinajstić information content (AvgIpc) is 2.78. The van der Waals surface area contributed by atoms with E-state index in [0.717, 1.165) is 25.0 Å². The van der Waals surface area contributed by atoms with E-state index in [9.17, 15) is 4.79 Å². The molecule has 96 valence electrons. The number of nitrogens with zero attached hydrogens (tertiary/aromatic N) is 1. The van der Waals surface area contributed by atoms with Gasteiger partial charge in [0, 0.05) is 23.9 Å². The molecule has 4 nitrogen and oxygen atoms in total. The second-order valence-electron chi connectivity index (χ2n) is 4.71. The number of carbonyl (C=O) groups excluding carboxylic acids is 1. The minimum absolute atomic E-state index is 0.0660. The lowest BCUT2D eigenvalue weighted by Gasteiger charge is -2.19. The molecular formula is C13H17N3OS. The van der Waals surface area contributed by atoms with Gasteiger partial charge in [0.1, 0.15) is 0 Å². The van der Waals surface area contributed by atoms with Gasteiger partial charge in [-0.2, -0.15) is 0 Å². The monoisotopic (exact) mass is 263 g/mol. The van der Waals surface area contributed by atoms with E-state index in [0.29, 0.717) is 10.6 Å². The number of hydrogen-bond acceptors (Lipinski definition) is 3. The Hall–Kier alpha value is -1.49. The number of nitrogens with two attached hydrogens (primary N) is 1. The number of pyridine rings is 1. The van der Waals surface area contributed by atoms with Crippen LogP contribution in [0.15, 0.2) is 18.3 Å². The van der Waals surface area contributed by atoms with Gasteiger partial charge < -0.3 is 11.1 Å².